The summed E-state index contributed by atoms with van der Waals surface area (Å²) in [5.41, 5.74) is 5.57. The predicted molar refractivity (Wildman–Crippen MR) is 55.6 cm³/mol. The van der Waals surface area contributed by atoms with Crippen LogP contribution in [0.2, 0.25) is 0 Å². The van der Waals surface area contributed by atoms with Gasteiger partial charge in [-0.25, -0.2) is 0 Å². The van der Waals surface area contributed by atoms with Crippen molar-refractivity contribution in [3.8, 4) is 5.75 Å². The first-order valence-corrected chi connectivity index (χ1v) is 4.96. The van der Waals surface area contributed by atoms with E-state index in [9.17, 15) is 5.11 Å². The van der Waals surface area contributed by atoms with Crippen molar-refractivity contribution in [3.63, 3.8) is 0 Å². The Morgan fingerprint density at radius 3 is 2.83 bits per heavy atom. The van der Waals surface area contributed by atoms with Crippen LogP contribution in [-0.4, -0.2) is 5.11 Å². The van der Waals surface area contributed by atoms with Gasteiger partial charge in [-0.05, 0) is 28.1 Å². The summed E-state index contributed by atoms with van der Waals surface area (Å²) in [7, 11) is 0. The zero-order chi connectivity index (χ0) is 8.72. The van der Waals surface area contributed by atoms with Crippen LogP contribution >= 0.6 is 27.3 Å². The van der Waals surface area contributed by atoms with Crippen LogP contribution in [0.3, 0.4) is 0 Å². The van der Waals surface area contributed by atoms with Crippen LogP contribution in [0, 0.1) is 0 Å². The molecule has 1 heterocycles. The van der Waals surface area contributed by atoms with Crippen LogP contribution in [0.1, 0.15) is 0 Å². The van der Waals surface area contributed by atoms with Gasteiger partial charge in [0.15, 0.2) is 5.75 Å². The molecule has 0 fully saturated rings. The molecular weight excluding hydrogens is 238 g/mol. The minimum Gasteiger partial charge on any atom is -0.504 e. The van der Waals surface area contributed by atoms with E-state index in [-0.39, 0.29) is 5.75 Å². The minimum atomic E-state index is 0.191. The van der Waals surface area contributed by atoms with Crippen molar-refractivity contribution >= 4 is 42.4 Å². The summed E-state index contributed by atoms with van der Waals surface area (Å²) in [4.78, 5) is 0. The van der Waals surface area contributed by atoms with Crippen LogP contribution in [-0.2, 0) is 0 Å². The molecule has 0 saturated heterocycles. The summed E-state index contributed by atoms with van der Waals surface area (Å²) in [6.45, 7) is 0. The molecule has 62 valence electrons. The van der Waals surface area contributed by atoms with Gasteiger partial charge in [0, 0.05) is 9.86 Å². The second-order valence-electron chi connectivity index (χ2n) is 2.43. The van der Waals surface area contributed by atoms with Gasteiger partial charge in [0.2, 0.25) is 0 Å². The van der Waals surface area contributed by atoms with Gasteiger partial charge in [-0.2, -0.15) is 0 Å². The third kappa shape index (κ3) is 0.990. The molecule has 0 bridgehead atoms. The monoisotopic (exact) mass is 243 g/mol. The molecule has 0 aliphatic heterocycles. The number of nitrogen functional groups attached to an aromatic ring is 1. The van der Waals surface area contributed by atoms with E-state index in [1.807, 2.05) is 18.2 Å². The highest BCUT2D eigenvalue weighted by molar-refractivity contribution is 9.10. The molecule has 0 radical (unpaired) electrons. The molecule has 1 aromatic carbocycles. The van der Waals surface area contributed by atoms with Crippen molar-refractivity contribution in [2.45, 2.75) is 0 Å². The molecule has 0 spiro atoms. The van der Waals surface area contributed by atoms with Gasteiger partial charge in [0.1, 0.15) is 5.00 Å². The van der Waals surface area contributed by atoms with Gasteiger partial charge in [-0.1, -0.05) is 6.07 Å². The highest BCUT2D eigenvalue weighted by atomic mass is 79.9. The van der Waals surface area contributed by atoms with Crippen molar-refractivity contribution in [1.82, 2.24) is 0 Å². The Labute approximate surface area is 81.8 Å². The fourth-order valence-corrected chi connectivity index (χ4v) is 2.57. The maximum absolute atomic E-state index is 9.49. The lowest BCUT2D eigenvalue weighted by Crippen LogP contribution is -1.75. The number of hydrogen-bond acceptors (Lipinski definition) is 3. The van der Waals surface area contributed by atoms with Gasteiger partial charge < -0.3 is 10.8 Å². The molecule has 1 aromatic heterocycles. The molecule has 3 N–H and O–H groups in total. The lowest BCUT2D eigenvalue weighted by atomic mass is 10.2. The Morgan fingerprint density at radius 2 is 2.17 bits per heavy atom. The second kappa shape index (κ2) is 2.64. The van der Waals surface area contributed by atoms with Gasteiger partial charge in [-0.15, -0.1) is 11.3 Å². The molecule has 2 nitrogen and oxygen atoms in total. The fourth-order valence-electron chi connectivity index (χ4n) is 1.09. The van der Waals surface area contributed by atoms with E-state index in [1.165, 1.54) is 11.3 Å². The lowest BCUT2D eigenvalue weighted by molar-refractivity contribution is 0.486. The number of rotatable bonds is 0. The fraction of sp³-hybridized carbons (Fsp3) is 0. The number of nitrogens with two attached hydrogens (primary N) is 1. The third-order valence-corrected chi connectivity index (χ3v) is 3.65. The Balaban J connectivity index is 2.95. The Hall–Kier alpha value is -0.740. The summed E-state index contributed by atoms with van der Waals surface area (Å²) in [6, 6.07) is 5.65. The van der Waals surface area contributed by atoms with E-state index >= 15 is 0 Å². The first-order valence-electron chi connectivity index (χ1n) is 3.35. The number of thiophene rings is 1. The molecule has 12 heavy (non-hydrogen) atoms. The van der Waals surface area contributed by atoms with E-state index in [1.54, 1.807) is 0 Å². The standard InChI is InChI=1S/C8H6BrNOS/c9-5-3-1-2-4-6(11)8(10)12-7(4)5/h1-3,11H,10H2. The molecule has 0 aliphatic rings. The Morgan fingerprint density at radius 1 is 1.42 bits per heavy atom. The zero-order valence-electron chi connectivity index (χ0n) is 6.04. The van der Waals surface area contributed by atoms with Gasteiger partial charge in [-0.3, -0.25) is 0 Å². The lowest BCUT2D eigenvalue weighted by Gasteiger charge is -1.91. The van der Waals surface area contributed by atoms with Gasteiger partial charge >= 0.3 is 0 Å². The maximum Gasteiger partial charge on any atom is 0.157 e. The van der Waals surface area contributed by atoms with Crippen LogP contribution in [0.4, 0.5) is 5.00 Å². The molecule has 4 heteroatoms. The molecule has 2 aromatic rings. The number of anilines is 1. The molecule has 0 aliphatic carbocycles. The number of fused-ring (bicyclic) bond motifs is 1. The summed E-state index contributed by atoms with van der Waals surface area (Å²) in [6.07, 6.45) is 0. The van der Waals surface area contributed by atoms with Crippen LogP contribution in [0.25, 0.3) is 10.1 Å². The number of benzene rings is 1. The van der Waals surface area contributed by atoms with E-state index < -0.39 is 0 Å². The normalized spacial score (nSPS) is 10.8. The minimum absolute atomic E-state index is 0.191. The van der Waals surface area contributed by atoms with Crippen LogP contribution in [0.15, 0.2) is 22.7 Å². The summed E-state index contributed by atoms with van der Waals surface area (Å²) in [5, 5.41) is 10.8. The third-order valence-electron chi connectivity index (χ3n) is 1.67. The van der Waals surface area contributed by atoms with E-state index in [0.717, 1.165) is 14.6 Å². The summed E-state index contributed by atoms with van der Waals surface area (Å²) in [5.74, 6) is 0.191. The summed E-state index contributed by atoms with van der Waals surface area (Å²) >= 11 is 4.77. The Kier molecular flexibility index (Phi) is 1.73. The largest absolute Gasteiger partial charge is 0.504 e. The zero-order valence-corrected chi connectivity index (χ0v) is 8.45. The number of halogens is 1. The average molecular weight is 244 g/mol. The summed E-state index contributed by atoms with van der Waals surface area (Å²) < 4.78 is 1.96. The highest BCUT2D eigenvalue weighted by Crippen LogP contribution is 2.41. The van der Waals surface area contributed by atoms with Crippen molar-refractivity contribution in [1.29, 1.82) is 0 Å². The molecular formula is C8H6BrNOS. The number of hydrogen-bond donors (Lipinski definition) is 2. The van der Waals surface area contributed by atoms with Crippen molar-refractivity contribution < 1.29 is 5.11 Å². The van der Waals surface area contributed by atoms with Gasteiger partial charge in [0.25, 0.3) is 0 Å². The van der Waals surface area contributed by atoms with Crippen LogP contribution < -0.4 is 5.73 Å². The van der Waals surface area contributed by atoms with Crippen molar-refractivity contribution in [3.05, 3.63) is 22.7 Å². The average Bonchev–Trinajstić information content (AvgIpc) is 2.32. The quantitative estimate of drug-likeness (QED) is 0.748. The van der Waals surface area contributed by atoms with E-state index in [4.69, 9.17) is 5.73 Å². The van der Waals surface area contributed by atoms with E-state index in [2.05, 4.69) is 15.9 Å². The Bertz CT molecular complexity index is 438. The van der Waals surface area contributed by atoms with Crippen molar-refractivity contribution in [2.75, 3.05) is 5.73 Å². The highest BCUT2D eigenvalue weighted by Gasteiger charge is 2.09. The number of aromatic hydroxyl groups is 1. The van der Waals surface area contributed by atoms with Crippen molar-refractivity contribution in [2.24, 2.45) is 0 Å². The van der Waals surface area contributed by atoms with Crippen LogP contribution in [0.5, 0.6) is 5.75 Å². The maximum atomic E-state index is 9.49. The van der Waals surface area contributed by atoms with E-state index in [0.29, 0.717) is 5.00 Å². The topological polar surface area (TPSA) is 46.2 Å². The molecule has 0 unspecified atom stereocenters. The molecule has 2 rings (SSSR count). The predicted octanol–water partition coefficient (Wildman–Crippen LogP) is 2.95. The SMILES string of the molecule is Nc1sc2c(Br)cccc2c1O. The second-order valence-corrected chi connectivity index (χ2v) is 4.34. The first-order chi connectivity index (χ1) is 5.70. The van der Waals surface area contributed by atoms with Gasteiger partial charge in [0.05, 0.1) is 4.70 Å². The smallest absolute Gasteiger partial charge is 0.157 e. The first kappa shape index (κ1) is 7.89. The molecule has 0 atom stereocenters. The molecule has 0 saturated carbocycles. The molecule has 0 amide bonds.